The Balaban J connectivity index is 2.08. The largest absolute Gasteiger partial charge is 0.493 e. The third kappa shape index (κ3) is 3.67. The molecule has 3 aromatic rings. The maximum absolute atomic E-state index is 13.2. The summed E-state index contributed by atoms with van der Waals surface area (Å²) < 4.78 is 23.7. The Morgan fingerprint density at radius 1 is 1.08 bits per heavy atom. The minimum absolute atomic E-state index is 0.155. The summed E-state index contributed by atoms with van der Waals surface area (Å²) >= 11 is 1.29. The van der Waals surface area contributed by atoms with Gasteiger partial charge in [0.2, 0.25) is 0 Å². The van der Waals surface area contributed by atoms with Crippen molar-refractivity contribution < 1.29 is 23.8 Å². The van der Waals surface area contributed by atoms with E-state index < -0.39 is 5.97 Å². The number of nitrogens with zero attached hydrogens (tertiary/aromatic N) is 1. The molecule has 7 heteroatoms. The van der Waals surface area contributed by atoms with E-state index in [1.807, 2.05) is 6.07 Å². The van der Waals surface area contributed by atoms with E-state index >= 15 is 0 Å². The van der Waals surface area contributed by atoms with Crippen LogP contribution in [0.25, 0.3) is 21.8 Å². The molecule has 2 aromatic carbocycles. The Bertz CT molecular complexity index is 937. The van der Waals surface area contributed by atoms with E-state index in [0.717, 1.165) is 5.56 Å². The highest BCUT2D eigenvalue weighted by Crippen LogP contribution is 2.38. The second kappa shape index (κ2) is 7.53. The first-order chi connectivity index (χ1) is 12.5. The van der Waals surface area contributed by atoms with Gasteiger partial charge in [-0.05, 0) is 42.5 Å². The van der Waals surface area contributed by atoms with Crippen LogP contribution in [-0.2, 0) is 11.2 Å². The summed E-state index contributed by atoms with van der Waals surface area (Å²) in [6.07, 6.45) is -0.155. The van der Waals surface area contributed by atoms with Gasteiger partial charge in [-0.1, -0.05) is 0 Å². The Morgan fingerprint density at radius 3 is 2.35 bits per heavy atom. The van der Waals surface area contributed by atoms with Gasteiger partial charge in [0, 0.05) is 16.0 Å². The van der Waals surface area contributed by atoms with Crippen molar-refractivity contribution in [1.29, 1.82) is 0 Å². The van der Waals surface area contributed by atoms with Crippen molar-refractivity contribution in [3.05, 3.63) is 53.2 Å². The van der Waals surface area contributed by atoms with Gasteiger partial charge in [0.15, 0.2) is 11.5 Å². The first-order valence-corrected chi connectivity index (χ1v) is 8.53. The summed E-state index contributed by atoms with van der Waals surface area (Å²) in [7, 11) is 3.10. The lowest BCUT2D eigenvalue weighted by molar-refractivity contribution is -0.136. The predicted molar refractivity (Wildman–Crippen MR) is 97.4 cm³/mol. The van der Waals surface area contributed by atoms with Gasteiger partial charge in [-0.3, -0.25) is 4.79 Å². The fourth-order valence-corrected chi connectivity index (χ4v) is 3.61. The van der Waals surface area contributed by atoms with Crippen molar-refractivity contribution in [3.8, 4) is 33.3 Å². The van der Waals surface area contributed by atoms with Crippen LogP contribution in [0.2, 0.25) is 0 Å². The fraction of sp³-hybridized carbons (Fsp3) is 0.158. The zero-order valence-corrected chi connectivity index (χ0v) is 15.0. The molecule has 1 N–H and O–H groups in total. The number of aromatic nitrogens is 1. The van der Waals surface area contributed by atoms with Gasteiger partial charge in [-0.15, -0.1) is 11.3 Å². The minimum atomic E-state index is -0.948. The van der Waals surface area contributed by atoms with Crippen LogP contribution >= 0.6 is 11.3 Å². The van der Waals surface area contributed by atoms with Gasteiger partial charge >= 0.3 is 5.97 Å². The van der Waals surface area contributed by atoms with Gasteiger partial charge in [0.25, 0.3) is 0 Å². The van der Waals surface area contributed by atoms with Crippen LogP contribution in [-0.4, -0.2) is 30.3 Å². The van der Waals surface area contributed by atoms with E-state index in [0.29, 0.717) is 32.6 Å². The fourth-order valence-electron chi connectivity index (χ4n) is 2.53. The number of rotatable bonds is 6. The number of aliphatic carboxylic acids is 1. The number of carboxylic acid groups (broad SMARTS) is 1. The molecule has 5 nitrogen and oxygen atoms in total. The molecule has 0 saturated carbocycles. The highest BCUT2D eigenvalue weighted by Gasteiger charge is 2.18. The summed E-state index contributed by atoms with van der Waals surface area (Å²) in [5.74, 6) is -0.152. The lowest BCUT2D eigenvalue weighted by atomic mass is 10.1. The number of methoxy groups -OCH3 is 2. The molecule has 134 valence electrons. The minimum Gasteiger partial charge on any atom is -0.493 e. The average molecular weight is 373 g/mol. The lowest BCUT2D eigenvalue weighted by Crippen LogP contribution is -1.99. The molecule has 26 heavy (non-hydrogen) atoms. The number of benzene rings is 2. The Morgan fingerprint density at radius 2 is 1.73 bits per heavy atom. The summed E-state index contributed by atoms with van der Waals surface area (Å²) in [6.45, 7) is 0. The first kappa shape index (κ1) is 17.9. The first-order valence-electron chi connectivity index (χ1n) is 7.71. The lowest BCUT2D eigenvalue weighted by Gasteiger charge is -2.08. The number of halogens is 1. The zero-order chi connectivity index (χ0) is 18.7. The van der Waals surface area contributed by atoms with Crippen molar-refractivity contribution in [2.75, 3.05) is 14.2 Å². The Hall–Kier alpha value is -2.93. The number of hydrogen-bond acceptors (Lipinski definition) is 5. The molecule has 0 saturated heterocycles. The molecule has 0 unspecified atom stereocenters. The molecular weight excluding hydrogens is 357 g/mol. The van der Waals surface area contributed by atoms with E-state index in [1.165, 1.54) is 23.5 Å². The molecule has 0 bridgehead atoms. The molecule has 1 heterocycles. The second-order valence-corrected chi connectivity index (χ2v) is 6.52. The monoisotopic (exact) mass is 373 g/mol. The number of ether oxygens (including phenoxy) is 2. The number of thiazole rings is 1. The van der Waals surface area contributed by atoms with Crippen LogP contribution in [0.3, 0.4) is 0 Å². The number of carboxylic acids is 1. The smallest absolute Gasteiger partial charge is 0.308 e. The van der Waals surface area contributed by atoms with Crippen LogP contribution in [0.15, 0.2) is 42.5 Å². The van der Waals surface area contributed by atoms with E-state index in [9.17, 15) is 14.3 Å². The van der Waals surface area contributed by atoms with Crippen molar-refractivity contribution >= 4 is 17.3 Å². The molecule has 0 aliphatic rings. The van der Waals surface area contributed by atoms with Crippen molar-refractivity contribution in [3.63, 3.8) is 0 Å². The van der Waals surface area contributed by atoms with Crippen LogP contribution in [0.1, 0.15) is 4.88 Å². The molecule has 0 aliphatic heterocycles. The summed E-state index contributed by atoms with van der Waals surface area (Å²) in [5, 5.41) is 9.85. The highest BCUT2D eigenvalue weighted by molar-refractivity contribution is 7.15. The molecule has 0 atom stereocenters. The van der Waals surface area contributed by atoms with E-state index in [-0.39, 0.29) is 12.2 Å². The molecule has 3 rings (SSSR count). The van der Waals surface area contributed by atoms with Crippen LogP contribution in [0.4, 0.5) is 4.39 Å². The summed E-state index contributed by atoms with van der Waals surface area (Å²) in [6, 6.07) is 11.2. The molecule has 0 aliphatic carbocycles. The SMILES string of the molecule is COc1ccc(-c2nc(-c3ccc(F)cc3)c(CC(=O)O)s2)cc1OC. The highest BCUT2D eigenvalue weighted by atomic mass is 32.1. The summed E-state index contributed by atoms with van der Waals surface area (Å²) in [4.78, 5) is 16.4. The second-order valence-electron chi connectivity index (χ2n) is 5.44. The molecule has 0 radical (unpaired) electrons. The van der Waals surface area contributed by atoms with Crippen molar-refractivity contribution in [2.24, 2.45) is 0 Å². The third-order valence-corrected chi connectivity index (χ3v) is 4.86. The predicted octanol–water partition coefficient (Wildman–Crippen LogP) is 4.26. The third-order valence-electron chi connectivity index (χ3n) is 3.76. The molecule has 0 spiro atoms. The van der Waals surface area contributed by atoms with Crippen LogP contribution < -0.4 is 9.47 Å². The van der Waals surface area contributed by atoms with Crippen molar-refractivity contribution in [2.45, 2.75) is 6.42 Å². The Kier molecular flexibility index (Phi) is 5.18. The van der Waals surface area contributed by atoms with Gasteiger partial charge in [-0.2, -0.15) is 0 Å². The topological polar surface area (TPSA) is 68.7 Å². The maximum Gasteiger partial charge on any atom is 0.308 e. The van der Waals surface area contributed by atoms with Gasteiger partial charge in [0.05, 0.1) is 26.3 Å². The number of hydrogen-bond donors (Lipinski definition) is 1. The molecule has 0 amide bonds. The standard InChI is InChI=1S/C19H16FNO4S/c1-24-14-8-5-12(9-15(14)25-2)19-21-18(16(26-19)10-17(22)23)11-3-6-13(20)7-4-11/h3-9H,10H2,1-2H3,(H,22,23). The molecule has 1 aromatic heterocycles. The average Bonchev–Trinajstić information content (AvgIpc) is 3.04. The van der Waals surface area contributed by atoms with Crippen LogP contribution in [0.5, 0.6) is 11.5 Å². The summed E-state index contributed by atoms with van der Waals surface area (Å²) in [5.41, 5.74) is 2.00. The van der Waals surface area contributed by atoms with Crippen LogP contribution in [0, 0.1) is 5.82 Å². The maximum atomic E-state index is 13.2. The van der Waals surface area contributed by atoms with E-state index in [2.05, 4.69) is 4.98 Å². The van der Waals surface area contributed by atoms with Gasteiger partial charge in [-0.25, -0.2) is 9.37 Å². The Labute approximate surface area is 153 Å². The van der Waals surface area contributed by atoms with Crippen molar-refractivity contribution in [1.82, 2.24) is 4.98 Å². The van der Waals surface area contributed by atoms with Gasteiger partial charge < -0.3 is 14.6 Å². The van der Waals surface area contributed by atoms with E-state index in [4.69, 9.17) is 9.47 Å². The number of carbonyl (C=O) groups is 1. The quantitative estimate of drug-likeness (QED) is 0.699. The molecular formula is C19H16FNO4S. The molecule has 0 fully saturated rings. The normalized spacial score (nSPS) is 10.6. The van der Waals surface area contributed by atoms with E-state index in [1.54, 1.807) is 38.5 Å². The van der Waals surface area contributed by atoms with Gasteiger partial charge in [0.1, 0.15) is 10.8 Å². The zero-order valence-electron chi connectivity index (χ0n) is 14.2.